The predicted octanol–water partition coefficient (Wildman–Crippen LogP) is 7.00. The average Bonchev–Trinajstić information content (AvgIpc) is 2.60. The summed E-state index contributed by atoms with van der Waals surface area (Å²) in [6.45, 7) is 2.24. The van der Waals surface area contributed by atoms with Crippen molar-refractivity contribution in [2.75, 3.05) is 0 Å². The van der Waals surface area contributed by atoms with Crippen LogP contribution in [0.5, 0.6) is 0 Å². The van der Waals surface area contributed by atoms with Crippen molar-refractivity contribution in [3.63, 3.8) is 0 Å². The van der Waals surface area contributed by atoms with E-state index in [1.165, 1.54) is 63.5 Å². The van der Waals surface area contributed by atoms with Gasteiger partial charge in [0.15, 0.2) is 0 Å². The van der Waals surface area contributed by atoms with Crippen molar-refractivity contribution in [3.05, 3.63) is 47.5 Å². The van der Waals surface area contributed by atoms with Gasteiger partial charge in [-0.3, -0.25) is 0 Å². The molecule has 1 aliphatic carbocycles. The number of rotatable bonds is 5. The lowest BCUT2D eigenvalue weighted by Crippen LogP contribution is -2.12. The molecule has 1 aromatic carbocycles. The van der Waals surface area contributed by atoms with Crippen LogP contribution in [-0.2, 0) is 6.18 Å². The smallest absolute Gasteiger partial charge is 0.166 e. The van der Waals surface area contributed by atoms with E-state index in [0.717, 1.165) is 18.1 Å². The lowest BCUT2D eigenvalue weighted by molar-refractivity contribution is -0.137. The molecule has 0 aromatic heterocycles. The molecule has 1 fully saturated rings. The van der Waals surface area contributed by atoms with Gasteiger partial charge in [0.05, 0.1) is 5.56 Å². The Kier molecular flexibility index (Phi) is 7.62. The van der Waals surface area contributed by atoms with Crippen LogP contribution in [0, 0.1) is 23.7 Å². The second-order valence-electron chi connectivity index (χ2n) is 6.98. The Labute approximate surface area is 149 Å². The first-order valence-corrected chi connectivity index (χ1v) is 9.34. The Morgan fingerprint density at radius 1 is 1.04 bits per heavy atom. The maximum atomic E-state index is 12.5. The molecule has 0 aliphatic heterocycles. The van der Waals surface area contributed by atoms with Gasteiger partial charge in [0.25, 0.3) is 0 Å². The molecule has 1 aromatic rings. The van der Waals surface area contributed by atoms with Crippen LogP contribution in [0.25, 0.3) is 0 Å². The fraction of sp³-hybridized carbons (Fsp3) is 0.545. The van der Waals surface area contributed by atoms with Crippen molar-refractivity contribution in [1.82, 2.24) is 0 Å². The fourth-order valence-corrected chi connectivity index (χ4v) is 3.40. The molecule has 3 heteroatoms. The van der Waals surface area contributed by atoms with Crippen molar-refractivity contribution >= 4 is 0 Å². The third kappa shape index (κ3) is 6.98. The van der Waals surface area contributed by atoms with Crippen molar-refractivity contribution < 1.29 is 13.2 Å². The van der Waals surface area contributed by atoms with Crippen molar-refractivity contribution in [2.24, 2.45) is 11.8 Å². The number of allylic oxidation sites excluding steroid dienone is 2. The van der Waals surface area contributed by atoms with E-state index in [-0.39, 0.29) is 0 Å². The van der Waals surface area contributed by atoms with Crippen molar-refractivity contribution in [2.45, 2.75) is 64.5 Å². The Morgan fingerprint density at radius 3 is 2.32 bits per heavy atom. The first-order valence-electron chi connectivity index (χ1n) is 9.34. The molecule has 0 saturated heterocycles. The number of unbranched alkanes of at least 4 members (excludes halogenated alkanes) is 2. The summed E-state index contributed by atoms with van der Waals surface area (Å²) >= 11 is 0. The summed E-state index contributed by atoms with van der Waals surface area (Å²) in [6, 6.07) is 5.00. The van der Waals surface area contributed by atoms with E-state index in [1.807, 2.05) is 6.08 Å². The van der Waals surface area contributed by atoms with Gasteiger partial charge in [-0.1, -0.05) is 50.5 Å². The van der Waals surface area contributed by atoms with Gasteiger partial charge in [-0.2, -0.15) is 13.2 Å². The Hall–Kier alpha value is -1.69. The summed E-state index contributed by atoms with van der Waals surface area (Å²) in [7, 11) is 0. The molecular weight excluding hydrogens is 321 g/mol. The van der Waals surface area contributed by atoms with Crippen LogP contribution in [0.1, 0.15) is 69.4 Å². The number of hydrogen-bond acceptors (Lipinski definition) is 0. The molecule has 0 radical (unpaired) electrons. The normalized spacial score (nSPS) is 21.1. The Bertz CT molecular complexity index is 591. The highest BCUT2D eigenvalue weighted by atomic mass is 19.4. The summed E-state index contributed by atoms with van der Waals surface area (Å²) in [5.41, 5.74) is -0.0263. The maximum Gasteiger partial charge on any atom is 0.416 e. The van der Waals surface area contributed by atoms with Crippen molar-refractivity contribution in [3.8, 4) is 11.8 Å². The maximum absolute atomic E-state index is 12.5. The fourth-order valence-electron chi connectivity index (χ4n) is 3.40. The summed E-state index contributed by atoms with van der Waals surface area (Å²) in [5, 5.41) is 0. The molecule has 0 amide bonds. The molecule has 2 rings (SSSR count). The Balaban J connectivity index is 1.76. The van der Waals surface area contributed by atoms with Crippen molar-refractivity contribution in [1.29, 1.82) is 0 Å². The third-order valence-electron chi connectivity index (χ3n) is 4.99. The highest BCUT2D eigenvalue weighted by Crippen LogP contribution is 2.32. The number of benzene rings is 1. The third-order valence-corrected chi connectivity index (χ3v) is 4.99. The van der Waals surface area contributed by atoms with Gasteiger partial charge in [0, 0.05) is 5.56 Å². The second-order valence-corrected chi connectivity index (χ2v) is 6.98. The molecule has 1 aliphatic rings. The standard InChI is InChI=1S/C22H27F3/c1-2-3-4-7-18-10-12-19(13-11-18)8-5-6-9-20-14-16-21(17-15-20)22(23,24)25/h5,8,14-19H,2-4,7,10-13H2,1H3. The van der Waals surface area contributed by atoms with Gasteiger partial charge in [-0.05, 0) is 67.9 Å². The zero-order valence-electron chi connectivity index (χ0n) is 14.9. The highest BCUT2D eigenvalue weighted by Gasteiger charge is 2.29. The van der Waals surface area contributed by atoms with E-state index in [1.54, 1.807) is 0 Å². The minimum Gasteiger partial charge on any atom is -0.166 e. The van der Waals surface area contributed by atoms with Gasteiger partial charge in [0.1, 0.15) is 0 Å². The molecule has 0 heterocycles. The minimum absolute atomic E-state index is 0.601. The lowest BCUT2D eigenvalue weighted by atomic mass is 9.79. The molecular formula is C22H27F3. The molecule has 0 nitrogen and oxygen atoms in total. The molecule has 0 bridgehead atoms. The average molecular weight is 348 g/mol. The molecule has 0 atom stereocenters. The van der Waals surface area contributed by atoms with E-state index in [2.05, 4.69) is 24.8 Å². The number of halogens is 3. The zero-order chi connectivity index (χ0) is 18.1. The van der Waals surface area contributed by atoms with Crippen LogP contribution in [-0.4, -0.2) is 0 Å². The molecule has 0 spiro atoms. The first-order chi connectivity index (χ1) is 12.0. The number of alkyl halides is 3. The molecule has 0 N–H and O–H groups in total. The lowest BCUT2D eigenvalue weighted by Gasteiger charge is -2.26. The van der Waals surface area contributed by atoms with E-state index >= 15 is 0 Å². The topological polar surface area (TPSA) is 0 Å². The van der Waals surface area contributed by atoms with Crippen LogP contribution in [0.2, 0.25) is 0 Å². The van der Waals surface area contributed by atoms with E-state index in [9.17, 15) is 13.2 Å². The van der Waals surface area contributed by atoms with Gasteiger partial charge < -0.3 is 0 Å². The minimum atomic E-state index is -4.29. The van der Waals surface area contributed by atoms with Gasteiger partial charge in [0.2, 0.25) is 0 Å². The van der Waals surface area contributed by atoms with E-state index in [4.69, 9.17) is 0 Å². The largest absolute Gasteiger partial charge is 0.416 e. The number of hydrogen-bond donors (Lipinski definition) is 0. The predicted molar refractivity (Wildman–Crippen MR) is 97.1 cm³/mol. The second kappa shape index (κ2) is 9.70. The van der Waals surface area contributed by atoms with Crippen LogP contribution < -0.4 is 0 Å². The van der Waals surface area contributed by atoms with Gasteiger partial charge in [-0.25, -0.2) is 0 Å². The highest BCUT2D eigenvalue weighted by molar-refractivity contribution is 5.39. The van der Waals surface area contributed by atoms with Crippen LogP contribution in [0.4, 0.5) is 13.2 Å². The van der Waals surface area contributed by atoms with Crippen LogP contribution in [0.3, 0.4) is 0 Å². The quantitative estimate of drug-likeness (QED) is 0.397. The van der Waals surface area contributed by atoms with Crippen LogP contribution in [0.15, 0.2) is 36.4 Å². The molecule has 0 unspecified atom stereocenters. The summed E-state index contributed by atoms with van der Waals surface area (Å²) in [4.78, 5) is 0. The van der Waals surface area contributed by atoms with E-state index < -0.39 is 11.7 Å². The molecule has 136 valence electrons. The molecule has 25 heavy (non-hydrogen) atoms. The zero-order valence-corrected chi connectivity index (χ0v) is 14.9. The monoisotopic (exact) mass is 348 g/mol. The van der Waals surface area contributed by atoms with Gasteiger partial charge >= 0.3 is 6.18 Å². The first kappa shape index (κ1) is 19.6. The van der Waals surface area contributed by atoms with Gasteiger partial charge in [-0.15, -0.1) is 0 Å². The SMILES string of the molecule is CCCCCC1CCC(C=CC#Cc2ccc(C(F)(F)F)cc2)CC1. The van der Waals surface area contributed by atoms with Crippen LogP contribution >= 0.6 is 0 Å². The molecule has 1 saturated carbocycles. The summed E-state index contributed by atoms with van der Waals surface area (Å²) in [6.07, 6.45) is 10.2. The summed E-state index contributed by atoms with van der Waals surface area (Å²) < 4.78 is 37.5. The summed E-state index contributed by atoms with van der Waals surface area (Å²) in [5.74, 6) is 7.35. The van der Waals surface area contributed by atoms with E-state index in [0.29, 0.717) is 11.5 Å². The Morgan fingerprint density at radius 2 is 1.72 bits per heavy atom.